The van der Waals surface area contributed by atoms with Crippen molar-refractivity contribution in [3.63, 3.8) is 0 Å². The maximum absolute atomic E-state index is 13.5. The molecule has 0 saturated heterocycles. The number of nitriles is 1. The number of nitrogens with two attached hydrogens (primary N) is 1. The molecule has 0 bridgehead atoms. The van der Waals surface area contributed by atoms with E-state index in [1.807, 2.05) is 6.07 Å². The minimum atomic E-state index is -0.766. The third-order valence-corrected chi connectivity index (χ3v) is 4.08. The van der Waals surface area contributed by atoms with E-state index in [-0.39, 0.29) is 38.8 Å². The maximum atomic E-state index is 13.5. The van der Waals surface area contributed by atoms with Gasteiger partial charge in [-0.05, 0) is 25.1 Å². The molecule has 2 aromatic carbocycles. The number of hydrogen-bond donors (Lipinski definition) is 2. The fourth-order valence-electron chi connectivity index (χ4n) is 2.53. The highest BCUT2D eigenvalue weighted by molar-refractivity contribution is 6.35. The van der Waals surface area contributed by atoms with E-state index in [9.17, 15) is 19.2 Å². The molecule has 126 valence electrons. The van der Waals surface area contributed by atoms with Crippen LogP contribution in [0.4, 0.5) is 15.8 Å². The third kappa shape index (κ3) is 2.77. The Morgan fingerprint density at radius 1 is 1.44 bits per heavy atom. The number of fused-ring (bicyclic) bond motifs is 1. The van der Waals surface area contributed by atoms with Crippen LogP contribution >= 0.6 is 11.6 Å². The number of ketones is 1. The number of carbonyl (C=O) groups excluding carboxylic acids is 2. The smallest absolute Gasteiger partial charge is 0.265 e. The summed E-state index contributed by atoms with van der Waals surface area (Å²) in [6.07, 6.45) is -0.766. The number of benzene rings is 2. The van der Waals surface area contributed by atoms with Gasteiger partial charge in [-0.1, -0.05) is 11.6 Å². The number of anilines is 2. The van der Waals surface area contributed by atoms with Crippen LogP contribution in [0, 0.1) is 17.1 Å². The quantitative estimate of drug-likeness (QED) is 0.633. The van der Waals surface area contributed by atoms with Crippen molar-refractivity contribution >= 4 is 34.7 Å². The van der Waals surface area contributed by atoms with Crippen molar-refractivity contribution in [1.29, 1.82) is 5.26 Å². The van der Waals surface area contributed by atoms with Gasteiger partial charge < -0.3 is 15.8 Å². The number of halogens is 2. The summed E-state index contributed by atoms with van der Waals surface area (Å²) < 4.78 is 18.9. The second kappa shape index (κ2) is 6.07. The van der Waals surface area contributed by atoms with Crippen LogP contribution in [0.15, 0.2) is 24.3 Å². The van der Waals surface area contributed by atoms with Crippen LogP contribution in [-0.2, 0) is 4.79 Å². The Hall–Kier alpha value is -3.11. The Bertz CT molecular complexity index is 969. The molecule has 0 aromatic heterocycles. The molecule has 1 aliphatic rings. The Balaban J connectivity index is 2.22. The number of hydrogen-bond acceptors (Lipinski definition) is 5. The molecule has 8 heteroatoms. The topological polar surface area (TPSA) is 105 Å². The van der Waals surface area contributed by atoms with Gasteiger partial charge in [-0.15, -0.1) is 0 Å². The molecule has 0 aliphatic carbocycles. The van der Waals surface area contributed by atoms with Crippen molar-refractivity contribution in [3.8, 4) is 11.8 Å². The van der Waals surface area contributed by atoms with Gasteiger partial charge in [-0.25, -0.2) is 4.39 Å². The molecule has 2 aromatic rings. The Labute approximate surface area is 146 Å². The van der Waals surface area contributed by atoms with Crippen LogP contribution in [0.25, 0.3) is 0 Å². The summed E-state index contributed by atoms with van der Waals surface area (Å²) in [7, 11) is 0. The molecular formula is C17H11ClFN3O3. The van der Waals surface area contributed by atoms with Gasteiger partial charge in [0.2, 0.25) is 0 Å². The molecule has 0 spiro atoms. The van der Waals surface area contributed by atoms with E-state index < -0.39 is 23.6 Å². The molecule has 1 unspecified atom stereocenters. The molecule has 0 saturated carbocycles. The van der Waals surface area contributed by atoms with Gasteiger partial charge in [0, 0.05) is 17.3 Å². The molecular weight excluding hydrogens is 349 g/mol. The highest BCUT2D eigenvalue weighted by Gasteiger charge is 2.31. The standard InChI is InChI=1S/C17H11ClFN3O3/c1-7-17(24)22-15-10(6-20)14(12(21)5-13(15)25-7)16(23)9-4-8(19)2-3-11(9)18/h2-5,7H,21H2,1H3,(H,22,24). The van der Waals surface area contributed by atoms with E-state index in [1.54, 1.807) is 0 Å². The van der Waals surface area contributed by atoms with Crippen LogP contribution < -0.4 is 15.8 Å². The molecule has 6 nitrogen and oxygen atoms in total. The number of nitrogens with one attached hydrogen (secondary N) is 1. The number of nitrogen functional groups attached to an aromatic ring is 1. The summed E-state index contributed by atoms with van der Waals surface area (Å²) in [6.45, 7) is 1.53. The number of rotatable bonds is 2. The van der Waals surface area contributed by atoms with Crippen LogP contribution in [0.5, 0.6) is 5.75 Å². The fraction of sp³-hybridized carbons (Fsp3) is 0.118. The highest BCUT2D eigenvalue weighted by Crippen LogP contribution is 2.39. The van der Waals surface area contributed by atoms with E-state index >= 15 is 0 Å². The first kappa shape index (κ1) is 16.7. The lowest BCUT2D eigenvalue weighted by Gasteiger charge is -2.25. The molecule has 1 aliphatic heterocycles. The van der Waals surface area contributed by atoms with Crippen molar-refractivity contribution in [2.45, 2.75) is 13.0 Å². The van der Waals surface area contributed by atoms with Gasteiger partial charge in [-0.2, -0.15) is 5.26 Å². The second-order valence-electron chi connectivity index (χ2n) is 5.40. The van der Waals surface area contributed by atoms with E-state index in [1.165, 1.54) is 19.1 Å². The summed E-state index contributed by atoms with van der Waals surface area (Å²) >= 11 is 5.97. The highest BCUT2D eigenvalue weighted by atomic mass is 35.5. The van der Waals surface area contributed by atoms with Gasteiger partial charge in [0.05, 0.1) is 16.1 Å². The van der Waals surface area contributed by atoms with Gasteiger partial charge in [0.1, 0.15) is 23.3 Å². The summed E-state index contributed by atoms with van der Waals surface area (Å²) in [5.41, 5.74) is 5.46. The molecule has 0 radical (unpaired) electrons. The summed E-state index contributed by atoms with van der Waals surface area (Å²) in [4.78, 5) is 24.6. The third-order valence-electron chi connectivity index (χ3n) is 3.75. The normalized spacial score (nSPS) is 15.6. The van der Waals surface area contributed by atoms with Gasteiger partial charge in [-0.3, -0.25) is 9.59 Å². The molecule has 3 N–H and O–H groups in total. The van der Waals surface area contributed by atoms with E-state index in [4.69, 9.17) is 22.1 Å². The zero-order valence-corrected chi connectivity index (χ0v) is 13.6. The lowest BCUT2D eigenvalue weighted by atomic mass is 9.94. The minimum absolute atomic E-state index is 0.0151. The minimum Gasteiger partial charge on any atom is -0.479 e. The summed E-state index contributed by atoms with van der Waals surface area (Å²) in [5, 5.41) is 12.0. The van der Waals surface area contributed by atoms with Crippen LogP contribution in [0.1, 0.15) is 28.4 Å². The van der Waals surface area contributed by atoms with Crippen molar-refractivity contribution < 1.29 is 18.7 Å². The summed E-state index contributed by atoms with van der Waals surface area (Å²) in [5.74, 6) is -1.67. The number of ether oxygens (including phenoxy) is 1. The van der Waals surface area contributed by atoms with Crippen LogP contribution in [0.3, 0.4) is 0 Å². The fourth-order valence-corrected chi connectivity index (χ4v) is 2.73. The Morgan fingerprint density at radius 3 is 2.84 bits per heavy atom. The molecule has 1 heterocycles. The predicted octanol–water partition coefficient (Wildman–Crippen LogP) is 2.88. The zero-order valence-electron chi connectivity index (χ0n) is 12.9. The van der Waals surface area contributed by atoms with Crippen LogP contribution in [-0.4, -0.2) is 17.8 Å². The van der Waals surface area contributed by atoms with E-state index in [2.05, 4.69) is 5.32 Å². The molecule has 3 rings (SSSR count). The van der Waals surface area contributed by atoms with Gasteiger partial charge in [0.25, 0.3) is 5.91 Å². The monoisotopic (exact) mass is 359 g/mol. The average molecular weight is 360 g/mol. The zero-order chi connectivity index (χ0) is 18.3. The predicted molar refractivity (Wildman–Crippen MR) is 89.1 cm³/mol. The molecule has 25 heavy (non-hydrogen) atoms. The van der Waals surface area contributed by atoms with Crippen molar-refractivity contribution in [2.24, 2.45) is 0 Å². The number of carbonyl (C=O) groups is 2. The number of amides is 1. The molecule has 1 atom stereocenters. The summed E-state index contributed by atoms with van der Waals surface area (Å²) in [6, 6.07) is 6.49. The first-order valence-corrected chi connectivity index (χ1v) is 7.55. The number of nitrogens with zero attached hydrogens (tertiary/aromatic N) is 1. The van der Waals surface area contributed by atoms with Crippen LogP contribution in [0.2, 0.25) is 5.02 Å². The first-order chi connectivity index (χ1) is 11.8. The molecule has 1 amide bonds. The SMILES string of the molecule is CC1Oc2cc(N)c(C(=O)c3cc(F)ccc3Cl)c(C#N)c2NC1=O. The van der Waals surface area contributed by atoms with E-state index in [0.717, 1.165) is 12.1 Å². The van der Waals surface area contributed by atoms with Crippen molar-refractivity contribution in [1.82, 2.24) is 0 Å². The lowest BCUT2D eigenvalue weighted by Crippen LogP contribution is -2.35. The van der Waals surface area contributed by atoms with Gasteiger partial charge >= 0.3 is 0 Å². The Kier molecular flexibility index (Phi) is 4.07. The van der Waals surface area contributed by atoms with Crippen molar-refractivity contribution in [3.05, 3.63) is 51.8 Å². The average Bonchev–Trinajstić information content (AvgIpc) is 2.57. The van der Waals surface area contributed by atoms with E-state index in [0.29, 0.717) is 0 Å². The second-order valence-corrected chi connectivity index (χ2v) is 5.81. The largest absolute Gasteiger partial charge is 0.479 e. The first-order valence-electron chi connectivity index (χ1n) is 7.17. The maximum Gasteiger partial charge on any atom is 0.265 e. The molecule has 0 fully saturated rings. The van der Waals surface area contributed by atoms with Crippen molar-refractivity contribution in [2.75, 3.05) is 11.1 Å². The Morgan fingerprint density at radius 2 is 2.16 bits per heavy atom. The van der Waals surface area contributed by atoms with Gasteiger partial charge in [0.15, 0.2) is 11.9 Å². The lowest BCUT2D eigenvalue weighted by molar-refractivity contribution is -0.122.